The molecular weight excluding hydrogens is 398 g/mol. The SMILES string of the molecule is Cc1cc(=O)oc2cc(OCC(=O)O[C@@H](C(=O)N3CCCC3)c3ccccc3)ccc12. The van der Waals surface area contributed by atoms with Crippen molar-refractivity contribution in [2.45, 2.75) is 25.9 Å². The second kappa shape index (κ2) is 9.04. The van der Waals surface area contributed by atoms with Crippen LogP contribution in [0.15, 0.2) is 63.8 Å². The summed E-state index contributed by atoms with van der Waals surface area (Å²) in [6.07, 6.45) is 0.886. The normalized spacial score (nSPS) is 14.4. The molecule has 2 heterocycles. The van der Waals surface area contributed by atoms with Gasteiger partial charge < -0.3 is 18.8 Å². The van der Waals surface area contributed by atoms with Crippen molar-refractivity contribution in [1.82, 2.24) is 4.90 Å². The van der Waals surface area contributed by atoms with Gasteiger partial charge in [0, 0.05) is 36.2 Å². The molecule has 1 aliphatic heterocycles. The highest BCUT2D eigenvalue weighted by Crippen LogP contribution is 2.24. The molecule has 0 unspecified atom stereocenters. The van der Waals surface area contributed by atoms with Crippen LogP contribution < -0.4 is 10.4 Å². The average molecular weight is 421 g/mol. The number of carbonyl (C=O) groups is 2. The molecule has 31 heavy (non-hydrogen) atoms. The molecule has 7 nitrogen and oxygen atoms in total. The summed E-state index contributed by atoms with van der Waals surface area (Å²) in [6.45, 7) is 2.77. The Morgan fingerprint density at radius 1 is 1.06 bits per heavy atom. The molecule has 4 rings (SSSR count). The van der Waals surface area contributed by atoms with Gasteiger partial charge >= 0.3 is 11.6 Å². The van der Waals surface area contributed by atoms with Crippen LogP contribution in [-0.4, -0.2) is 36.5 Å². The number of esters is 1. The van der Waals surface area contributed by atoms with E-state index in [1.165, 1.54) is 6.07 Å². The highest BCUT2D eigenvalue weighted by molar-refractivity contribution is 5.85. The molecule has 1 atom stereocenters. The fraction of sp³-hybridized carbons (Fsp3) is 0.292. The Morgan fingerprint density at radius 3 is 2.55 bits per heavy atom. The molecule has 1 fully saturated rings. The summed E-state index contributed by atoms with van der Waals surface area (Å²) < 4.78 is 16.3. The van der Waals surface area contributed by atoms with Gasteiger partial charge in [-0.2, -0.15) is 0 Å². The van der Waals surface area contributed by atoms with E-state index in [0.29, 0.717) is 30.0 Å². The first kappa shape index (κ1) is 20.7. The lowest BCUT2D eigenvalue weighted by Gasteiger charge is -2.23. The zero-order chi connectivity index (χ0) is 21.8. The highest BCUT2D eigenvalue weighted by Gasteiger charge is 2.31. The minimum Gasteiger partial charge on any atom is -0.482 e. The molecule has 1 aromatic heterocycles. The Bertz CT molecular complexity index is 1150. The number of amides is 1. The smallest absolute Gasteiger partial charge is 0.345 e. The average Bonchev–Trinajstić information content (AvgIpc) is 3.31. The van der Waals surface area contributed by atoms with Crippen molar-refractivity contribution in [2.75, 3.05) is 19.7 Å². The molecule has 0 spiro atoms. The molecule has 0 saturated carbocycles. The van der Waals surface area contributed by atoms with Crippen molar-refractivity contribution < 1.29 is 23.5 Å². The Morgan fingerprint density at radius 2 is 1.81 bits per heavy atom. The number of ether oxygens (including phenoxy) is 2. The van der Waals surface area contributed by atoms with E-state index in [0.717, 1.165) is 23.8 Å². The lowest BCUT2D eigenvalue weighted by atomic mass is 10.1. The van der Waals surface area contributed by atoms with Gasteiger partial charge in [0.05, 0.1) is 0 Å². The minimum atomic E-state index is -1.01. The number of hydrogen-bond acceptors (Lipinski definition) is 6. The second-order valence-electron chi connectivity index (χ2n) is 7.51. The van der Waals surface area contributed by atoms with Crippen LogP contribution in [0.5, 0.6) is 5.75 Å². The van der Waals surface area contributed by atoms with Gasteiger partial charge in [0.15, 0.2) is 6.61 Å². The molecule has 1 saturated heterocycles. The lowest BCUT2D eigenvalue weighted by molar-refractivity contribution is -0.162. The summed E-state index contributed by atoms with van der Waals surface area (Å²) in [5.74, 6) is -0.521. The van der Waals surface area contributed by atoms with Crippen LogP contribution in [0.1, 0.15) is 30.1 Å². The molecule has 1 amide bonds. The molecule has 0 aliphatic carbocycles. The monoisotopic (exact) mass is 421 g/mol. The zero-order valence-corrected chi connectivity index (χ0v) is 17.2. The van der Waals surface area contributed by atoms with E-state index < -0.39 is 17.7 Å². The van der Waals surface area contributed by atoms with E-state index in [-0.39, 0.29) is 12.5 Å². The first-order valence-corrected chi connectivity index (χ1v) is 10.2. The van der Waals surface area contributed by atoms with Gasteiger partial charge in [-0.05, 0) is 37.5 Å². The summed E-state index contributed by atoms with van der Waals surface area (Å²) in [4.78, 5) is 38.7. The third-order valence-corrected chi connectivity index (χ3v) is 5.27. The summed E-state index contributed by atoms with van der Waals surface area (Å²) in [7, 11) is 0. The number of hydrogen-bond donors (Lipinski definition) is 0. The maximum Gasteiger partial charge on any atom is 0.345 e. The Labute approximate surface area is 179 Å². The van der Waals surface area contributed by atoms with Gasteiger partial charge in [-0.3, -0.25) is 4.79 Å². The van der Waals surface area contributed by atoms with Crippen molar-refractivity contribution in [3.8, 4) is 5.75 Å². The third-order valence-electron chi connectivity index (χ3n) is 5.27. The van der Waals surface area contributed by atoms with Crippen LogP contribution in [0.2, 0.25) is 0 Å². The Hall–Kier alpha value is -3.61. The van der Waals surface area contributed by atoms with Crippen LogP contribution in [0.3, 0.4) is 0 Å². The fourth-order valence-electron chi connectivity index (χ4n) is 3.69. The molecule has 3 aromatic rings. The molecule has 1 aliphatic rings. The summed E-state index contributed by atoms with van der Waals surface area (Å²) in [5.41, 5.74) is 1.34. The zero-order valence-electron chi connectivity index (χ0n) is 17.2. The summed E-state index contributed by atoms with van der Waals surface area (Å²) in [6, 6.07) is 15.4. The molecule has 0 radical (unpaired) electrons. The number of nitrogens with zero attached hydrogens (tertiary/aromatic N) is 1. The van der Waals surface area contributed by atoms with Crippen LogP contribution in [-0.2, 0) is 14.3 Å². The van der Waals surface area contributed by atoms with Crippen LogP contribution in [0.25, 0.3) is 11.0 Å². The van der Waals surface area contributed by atoms with E-state index in [1.54, 1.807) is 47.4 Å². The largest absolute Gasteiger partial charge is 0.482 e. The van der Waals surface area contributed by atoms with E-state index >= 15 is 0 Å². The molecule has 7 heteroatoms. The van der Waals surface area contributed by atoms with E-state index in [2.05, 4.69) is 0 Å². The number of benzene rings is 2. The van der Waals surface area contributed by atoms with Crippen LogP contribution in [0.4, 0.5) is 0 Å². The Balaban J connectivity index is 1.46. The number of aryl methyl sites for hydroxylation is 1. The number of likely N-dealkylation sites (tertiary alicyclic amines) is 1. The maximum atomic E-state index is 12.9. The van der Waals surface area contributed by atoms with Gasteiger partial charge in [0.1, 0.15) is 11.3 Å². The van der Waals surface area contributed by atoms with Gasteiger partial charge in [0.25, 0.3) is 5.91 Å². The molecule has 160 valence electrons. The highest BCUT2D eigenvalue weighted by atomic mass is 16.6. The van der Waals surface area contributed by atoms with Crippen LogP contribution in [0, 0.1) is 6.92 Å². The number of carbonyl (C=O) groups excluding carboxylic acids is 2. The fourth-order valence-corrected chi connectivity index (χ4v) is 3.69. The standard InChI is InChI=1S/C24H23NO6/c1-16-13-21(26)30-20-14-18(9-10-19(16)20)29-15-22(27)31-23(17-7-3-2-4-8-17)24(28)25-11-5-6-12-25/h2-4,7-10,13-14,23H,5-6,11-12,15H2,1H3/t23-/m1/s1. The van der Waals surface area contributed by atoms with Crippen molar-refractivity contribution >= 4 is 22.8 Å². The number of fused-ring (bicyclic) bond motifs is 1. The first-order chi connectivity index (χ1) is 15.0. The van der Waals surface area contributed by atoms with Crippen molar-refractivity contribution in [3.63, 3.8) is 0 Å². The quantitative estimate of drug-likeness (QED) is 0.448. The third kappa shape index (κ3) is 4.77. The van der Waals surface area contributed by atoms with E-state index in [9.17, 15) is 14.4 Å². The molecule has 0 bridgehead atoms. The summed E-state index contributed by atoms with van der Waals surface area (Å²) in [5, 5.41) is 0.787. The topological polar surface area (TPSA) is 86.0 Å². The molecule has 2 aromatic carbocycles. The Kier molecular flexibility index (Phi) is 6.02. The van der Waals surface area contributed by atoms with Crippen molar-refractivity contribution in [2.24, 2.45) is 0 Å². The van der Waals surface area contributed by atoms with Gasteiger partial charge in [0.2, 0.25) is 6.10 Å². The predicted octanol–water partition coefficient (Wildman–Crippen LogP) is 3.39. The van der Waals surface area contributed by atoms with Crippen LogP contribution >= 0.6 is 0 Å². The van der Waals surface area contributed by atoms with Gasteiger partial charge in [-0.25, -0.2) is 9.59 Å². The van der Waals surface area contributed by atoms with Gasteiger partial charge in [-0.15, -0.1) is 0 Å². The number of rotatable bonds is 6. The predicted molar refractivity (Wildman–Crippen MR) is 114 cm³/mol. The van der Waals surface area contributed by atoms with Gasteiger partial charge in [-0.1, -0.05) is 30.3 Å². The second-order valence-corrected chi connectivity index (χ2v) is 7.51. The maximum absolute atomic E-state index is 12.9. The lowest BCUT2D eigenvalue weighted by Crippen LogP contribution is -2.35. The van der Waals surface area contributed by atoms with Crippen molar-refractivity contribution in [3.05, 3.63) is 76.1 Å². The minimum absolute atomic E-state index is 0.222. The van der Waals surface area contributed by atoms with E-state index in [4.69, 9.17) is 13.9 Å². The first-order valence-electron chi connectivity index (χ1n) is 10.2. The molecule has 0 N–H and O–H groups in total. The van der Waals surface area contributed by atoms with Crippen molar-refractivity contribution in [1.29, 1.82) is 0 Å². The van der Waals surface area contributed by atoms with E-state index in [1.807, 2.05) is 13.0 Å². The molecular formula is C24H23NO6. The summed E-state index contributed by atoms with van der Waals surface area (Å²) >= 11 is 0.